The van der Waals surface area contributed by atoms with Gasteiger partial charge >= 0.3 is 6.18 Å². The first-order valence-corrected chi connectivity index (χ1v) is 8.57. The Bertz CT molecular complexity index is 1190. The van der Waals surface area contributed by atoms with Gasteiger partial charge in [-0.2, -0.15) is 23.4 Å². The van der Waals surface area contributed by atoms with Crippen LogP contribution in [0.2, 0.25) is 0 Å². The second-order valence-electron chi connectivity index (χ2n) is 6.72. The van der Waals surface area contributed by atoms with Gasteiger partial charge in [0.05, 0.1) is 23.0 Å². The van der Waals surface area contributed by atoms with E-state index >= 15 is 0 Å². The predicted molar refractivity (Wildman–Crippen MR) is 92.3 cm³/mol. The van der Waals surface area contributed by atoms with Gasteiger partial charge in [-0.25, -0.2) is 4.98 Å². The number of hydrogen-bond acceptors (Lipinski definition) is 4. The number of halogens is 3. The fraction of sp³-hybridized carbons (Fsp3) is 0.278. The van der Waals surface area contributed by atoms with Crippen LogP contribution in [-0.2, 0) is 19.0 Å². The highest BCUT2D eigenvalue weighted by Gasteiger charge is 2.38. The van der Waals surface area contributed by atoms with Gasteiger partial charge in [0.25, 0.3) is 0 Å². The van der Waals surface area contributed by atoms with E-state index in [0.717, 1.165) is 34.7 Å². The molecule has 1 aliphatic rings. The number of phenols is 1. The Morgan fingerprint density at radius 2 is 1.89 bits per heavy atom. The van der Waals surface area contributed by atoms with Gasteiger partial charge in [-0.15, -0.1) is 0 Å². The van der Waals surface area contributed by atoms with E-state index in [-0.39, 0.29) is 22.5 Å². The average Bonchev–Trinajstić information content (AvgIpc) is 3.29. The number of aromatic amines is 2. The molecule has 0 atom stereocenters. The Kier molecular flexibility index (Phi) is 3.25. The van der Waals surface area contributed by atoms with Crippen molar-refractivity contribution < 1.29 is 18.3 Å². The molecular weight excluding hydrogens is 359 g/mol. The Morgan fingerprint density at radius 3 is 2.67 bits per heavy atom. The Morgan fingerprint density at radius 1 is 1.11 bits per heavy atom. The highest BCUT2D eigenvalue weighted by atomic mass is 19.4. The smallest absolute Gasteiger partial charge is 0.435 e. The van der Waals surface area contributed by atoms with Crippen molar-refractivity contribution in [3.05, 3.63) is 35.3 Å². The van der Waals surface area contributed by atoms with Gasteiger partial charge in [-0.05, 0) is 36.8 Å². The van der Waals surface area contributed by atoms with Gasteiger partial charge in [-0.3, -0.25) is 10.2 Å². The van der Waals surface area contributed by atoms with Gasteiger partial charge < -0.3 is 5.11 Å². The van der Waals surface area contributed by atoms with Gasteiger partial charge in [0.2, 0.25) is 0 Å². The van der Waals surface area contributed by atoms with Crippen LogP contribution < -0.4 is 0 Å². The molecule has 0 amide bonds. The Hall–Kier alpha value is -3.10. The molecule has 3 aromatic heterocycles. The van der Waals surface area contributed by atoms with Crippen molar-refractivity contribution >= 4 is 21.8 Å². The number of aromatic hydroxyl groups is 1. The molecule has 0 spiro atoms. The maximum atomic E-state index is 13.4. The molecule has 138 valence electrons. The molecule has 1 aromatic carbocycles. The zero-order valence-corrected chi connectivity index (χ0v) is 14.0. The highest BCUT2D eigenvalue weighted by molar-refractivity contribution is 6.10. The molecule has 5 rings (SSSR count). The largest absolute Gasteiger partial charge is 0.506 e. The van der Waals surface area contributed by atoms with Crippen molar-refractivity contribution in [3.8, 4) is 17.0 Å². The molecule has 0 saturated carbocycles. The number of nitrogens with one attached hydrogen (secondary N) is 2. The minimum atomic E-state index is -4.59. The summed E-state index contributed by atoms with van der Waals surface area (Å²) in [4.78, 5) is 4.48. The molecule has 0 unspecified atom stereocenters. The summed E-state index contributed by atoms with van der Waals surface area (Å²) in [5.41, 5.74) is 1.82. The fourth-order valence-electron chi connectivity index (χ4n) is 4.02. The van der Waals surface area contributed by atoms with Crippen LogP contribution in [0.5, 0.6) is 5.75 Å². The maximum absolute atomic E-state index is 13.4. The summed E-state index contributed by atoms with van der Waals surface area (Å²) in [6, 6.07) is 1.50. The van der Waals surface area contributed by atoms with Crippen LogP contribution in [0.1, 0.15) is 29.7 Å². The van der Waals surface area contributed by atoms with E-state index in [1.807, 2.05) is 0 Å². The number of rotatable bonds is 1. The first-order valence-electron chi connectivity index (χ1n) is 8.57. The third-order valence-corrected chi connectivity index (χ3v) is 5.14. The van der Waals surface area contributed by atoms with E-state index in [4.69, 9.17) is 0 Å². The van der Waals surface area contributed by atoms with E-state index in [1.54, 1.807) is 6.20 Å². The number of phenolic OH excluding ortho intramolecular Hbond substituents is 1. The zero-order chi connectivity index (χ0) is 18.8. The number of aromatic nitrogens is 5. The lowest BCUT2D eigenvalue weighted by Crippen LogP contribution is -2.11. The summed E-state index contributed by atoms with van der Waals surface area (Å²) < 4.78 is 40.2. The Balaban J connectivity index is 1.91. The van der Waals surface area contributed by atoms with Crippen LogP contribution in [0.4, 0.5) is 13.2 Å². The topological polar surface area (TPSA) is 90.5 Å². The summed E-state index contributed by atoms with van der Waals surface area (Å²) in [6.07, 6.45) is 1.43. The molecule has 3 heterocycles. The summed E-state index contributed by atoms with van der Waals surface area (Å²) in [5.74, 6) is -0.0894. The fourth-order valence-corrected chi connectivity index (χ4v) is 4.02. The van der Waals surface area contributed by atoms with E-state index in [0.29, 0.717) is 18.4 Å². The average molecular weight is 373 g/mol. The number of benzene rings is 1. The number of alkyl halides is 3. The van der Waals surface area contributed by atoms with Crippen LogP contribution in [0, 0.1) is 0 Å². The molecular formula is C18H14F3N5O. The quantitative estimate of drug-likeness (QED) is 0.468. The van der Waals surface area contributed by atoms with Crippen molar-refractivity contribution in [2.24, 2.45) is 0 Å². The van der Waals surface area contributed by atoms with Gasteiger partial charge in [0.15, 0.2) is 5.69 Å². The molecule has 0 fully saturated rings. The molecule has 9 heteroatoms. The zero-order valence-electron chi connectivity index (χ0n) is 14.0. The molecule has 0 radical (unpaired) electrons. The number of H-pyrrole nitrogens is 2. The molecule has 0 aliphatic heterocycles. The lowest BCUT2D eigenvalue weighted by atomic mass is 9.85. The molecule has 0 bridgehead atoms. The maximum Gasteiger partial charge on any atom is 0.435 e. The van der Waals surface area contributed by atoms with Crippen molar-refractivity contribution in [3.63, 3.8) is 0 Å². The number of pyridine rings is 1. The minimum Gasteiger partial charge on any atom is -0.506 e. The van der Waals surface area contributed by atoms with E-state index in [1.165, 1.54) is 12.3 Å². The third kappa shape index (κ3) is 2.30. The van der Waals surface area contributed by atoms with Crippen LogP contribution >= 0.6 is 0 Å². The van der Waals surface area contributed by atoms with Crippen LogP contribution in [-0.4, -0.2) is 30.5 Å². The van der Waals surface area contributed by atoms with Crippen LogP contribution in [0.3, 0.4) is 0 Å². The number of fused-ring (bicyclic) bond motifs is 5. The number of hydrogen-bond donors (Lipinski definition) is 3. The van der Waals surface area contributed by atoms with Crippen LogP contribution in [0.15, 0.2) is 18.5 Å². The molecule has 27 heavy (non-hydrogen) atoms. The molecule has 0 saturated heterocycles. The predicted octanol–water partition coefficient (Wildman–Crippen LogP) is 4.10. The first kappa shape index (κ1) is 16.1. The monoisotopic (exact) mass is 373 g/mol. The van der Waals surface area contributed by atoms with Crippen molar-refractivity contribution in [2.75, 3.05) is 0 Å². The lowest BCUT2D eigenvalue weighted by molar-refractivity contribution is -0.140. The molecule has 6 nitrogen and oxygen atoms in total. The first-order chi connectivity index (χ1) is 12.9. The molecule has 4 aromatic rings. The van der Waals surface area contributed by atoms with Crippen molar-refractivity contribution in [1.82, 2.24) is 25.4 Å². The van der Waals surface area contributed by atoms with Gasteiger partial charge in [-0.1, -0.05) is 0 Å². The lowest BCUT2D eigenvalue weighted by Gasteiger charge is -2.22. The standard InChI is InChI=1S/C18H14F3N5O/c19-18(20,21)17-11(7-23-26-17)15-9-4-2-1-3-8(9)14-10-6-22-25-12(10)5-13(27)16(14)24-15/h5-7,27H,1-4H2,(H,22,25)(H,23,26). The van der Waals surface area contributed by atoms with Crippen molar-refractivity contribution in [1.29, 1.82) is 0 Å². The Labute approximate surface area is 150 Å². The second kappa shape index (κ2) is 5.45. The summed E-state index contributed by atoms with van der Waals surface area (Å²) in [5, 5.41) is 24.6. The van der Waals surface area contributed by atoms with Gasteiger partial charge in [0.1, 0.15) is 11.3 Å². The third-order valence-electron chi connectivity index (χ3n) is 5.14. The van der Waals surface area contributed by atoms with Gasteiger partial charge in [0, 0.05) is 23.0 Å². The molecule has 1 aliphatic carbocycles. The second-order valence-corrected chi connectivity index (χ2v) is 6.72. The highest BCUT2D eigenvalue weighted by Crippen LogP contribution is 2.43. The van der Waals surface area contributed by atoms with E-state index < -0.39 is 11.9 Å². The van der Waals surface area contributed by atoms with Crippen molar-refractivity contribution in [2.45, 2.75) is 31.9 Å². The number of nitrogens with zero attached hydrogens (tertiary/aromatic N) is 3. The van der Waals surface area contributed by atoms with E-state index in [9.17, 15) is 18.3 Å². The molecule has 3 N–H and O–H groups in total. The summed E-state index contributed by atoms with van der Waals surface area (Å²) >= 11 is 0. The van der Waals surface area contributed by atoms with E-state index in [2.05, 4.69) is 25.4 Å². The summed E-state index contributed by atoms with van der Waals surface area (Å²) in [6.45, 7) is 0. The normalized spacial score (nSPS) is 14.8. The number of aryl methyl sites for hydroxylation is 1. The SMILES string of the molecule is Oc1cc2[nH]ncc2c2c3c(c(-c4c[nH]nc4C(F)(F)F)nc12)CCCC3. The van der Waals surface area contributed by atoms with Crippen LogP contribution in [0.25, 0.3) is 33.1 Å². The summed E-state index contributed by atoms with van der Waals surface area (Å²) in [7, 11) is 0. The minimum absolute atomic E-state index is 0.0887.